The summed E-state index contributed by atoms with van der Waals surface area (Å²) in [7, 11) is 0. The van der Waals surface area contributed by atoms with Gasteiger partial charge < -0.3 is 11.1 Å². The standard InChI is InChI=1S/C29H37FN2O.C6H13N.C6H12.C4H10.C2H6/c1-11-14-27(26(30)12-2)32-22(7)21(6)28(31-13-3)18-19(4)24-15-16-25(20(5)17-24)29(9,10)23(8)33;1-5-2-6(3-5)4-7;1-5-3-6(2)4-5;1-4(2)3;1-2/h11-18,32H,2,4H2,1,3,5-10H3;5-6H,2-4,7H2,1H3;5-6H,3-4H2,1-2H3;4H,1-3H3;1-2H3/b14-11-,22-21+,27-26-,28-18+,31-13?;;;;. The molecule has 3 rings (SSSR count). The molecule has 0 radical (unpaired) electrons. The van der Waals surface area contributed by atoms with Gasteiger partial charge in [0.05, 0.1) is 11.4 Å². The molecule has 2 saturated carbocycles. The number of carbonyl (C=O) groups excluding carboxylic acids is 1. The maximum absolute atomic E-state index is 14.1. The fourth-order valence-corrected chi connectivity index (χ4v) is 5.90. The van der Waals surface area contributed by atoms with Crippen molar-refractivity contribution < 1.29 is 9.18 Å². The van der Waals surface area contributed by atoms with Crippen LogP contribution in [-0.2, 0) is 10.2 Å². The lowest BCUT2D eigenvalue weighted by molar-refractivity contribution is -0.121. The predicted molar refractivity (Wildman–Crippen MR) is 231 cm³/mol. The SMILES string of the molecule is C=C/C(F)=C(\C=C/C)N/C(C)=C(C)/C(=C\C(=C)c1ccc(C(C)(C)C(C)=O)c(C)c1)N=CC.CC.CC(C)C.CC1CC(C)C1.CC1CC(CN)C1. The first-order valence-electron chi connectivity index (χ1n) is 19.6. The Kier molecular flexibility index (Phi) is 25.8. The highest BCUT2D eigenvalue weighted by molar-refractivity contribution is 5.88. The van der Waals surface area contributed by atoms with Crippen LogP contribution in [0, 0.1) is 36.5 Å². The number of aryl methyl sites for hydroxylation is 1. The summed E-state index contributed by atoms with van der Waals surface area (Å²) >= 11 is 0. The lowest BCUT2D eigenvalue weighted by Crippen LogP contribution is -2.27. The highest BCUT2D eigenvalue weighted by Gasteiger charge is 2.27. The summed E-state index contributed by atoms with van der Waals surface area (Å²) in [5.74, 6) is 4.45. The molecular weight excluding hydrogens is 642 g/mol. The van der Waals surface area contributed by atoms with Gasteiger partial charge in [0.15, 0.2) is 0 Å². The van der Waals surface area contributed by atoms with Gasteiger partial charge in [0.2, 0.25) is 0 Å². The Bertz CT molecular complexity index is 1380. The molecule has 0 bridgehead atoms. The van der Waals surface area contributed by atoms with Crippen molar-refractivity contribution in [1.82, 2.24) is 5.32 Å². The Hall–Kier alpha value is -3.31. The molecule has 0 saturated heterocycles. The van der Waals surface area contributed by atoms with Gasteiger partial charge in [-0.1, -0.05) is 92.8 Å². The van der Waals surface area contributed by atoms with Gasteiger partial charge in [0, 0.05) is 17.3 Å². The Labute approximate surface area is 320 Å². The molecule has 0 unspecified atom stereocenters. The van der Waals surface area contributed by atoms with E-state index in [-0.39, 0.29) is 5.78 Å². The van der Waals surface area contributed by atoms with Crippen LogP contribution >= 0.6 is 0 Å². The Morgan fingerprint density at radius 3 is 1.85 bits per heavy atom. The van der Waals surface area contributed by atoms with E-state index in [1.165, 1.54) is 31.8 Å². The van der Waals surface area contributed by atoms with Crippen LogP contribution in [-0.4, -0.2) is 18.5 Å². The Balaban J connectivity index is 0. The molecule has 0 amide bonds. The van der Waals surface area contributed by atoms with E-state index in [9.17, 15) is 9.18 Å². The van der Waals surface area contributed by atoms with Crippen LogP contribution in [0.3, 0.4) is 0 Å². The van der Waals surface area contributed by atoms with Crippen LogP contribution in [0.15, 0.2) is 89.1 Å². The third kappa shape index (κ3) is 19.0. The summed E-state index contributed by atoms with van der Waals surface area (Å²) in [6, 6.07) is 6.02. The highest BCUT2D eigenvalue weighted by atomic mass is 19.1. The Morgan fingerprint density at radius 2 is 1.52 bits per heavy atom. The Morgan fingerprint density at radius 1 is 1.02 bits per heavy atom. The molecule has 0 atom stereocenters. The average Bonchev–Trinajstić information content (AvgIpc) is 3.06. The summed E-state index contributed by atoms with van der Waals surface area (Å²) in [6.45, 7) is 41.0. The number of rotatable bonds is 11. The molecule has 0 aromatic heterocycles. The lowest BCUT2D eigenvalue weighted by atomic mass is 9.76. The summed E-state index contributed by atoms with van der Waals surface area (Å²) in [6.07, 6.45) is 13.9. The second-order valence-electron chi connectivity index (χ2n) is 15.6. The van der Waals surface area contributed by atoms with Gasteiger partial charge >= 0.3 is 0 Å². The predicted octanol–water partition coefficient (Wildman–Crippen LogP) is 13.4. The van der Waals surface area contributed by atoms with Crippen molar-refractivity contribution in [2.75, 3.05) is 6.54 Å². The quantitative estimate of drug-likeness (QED) is 0.177. The number of ketones is 1. The minimum absolute atomic E-state index is 0.125. The van der Waals surface area contributed by atoms with Crippen LogP contribution < -0.4 is 11.1 Å². The number of nitrogens with one attached hydrogen (secondary N) is 1. The molecule has 2 fully saturated rings. The van der Waals surface area contributed by atoms with E-state index < -0.39 is 11.2 Å². The molecule has 0 spiro atoms. The van der Waals surface area contributed by atoms with Gasteiger partial charge in [0.1, 0.15) is 11.6 Å². The third-order valence-electron chi connectivity index (χ3n) is 9.18. The number of Topliss-reactive ketones (excluding diaryl/α,β-unsaturated/α-hetero) is 1. The number of allylic oxidation sites excluding steroid dienone is 8. The number of carbonyl (C=O) groups is 1. The van der Waals surface area contributed by atoms with Gasteiger partial charge in [-0.3, -0.25) is 9.79 Å². The topological polar surface area (TPSA) is 67.5 Å². The summed E-state index contributed by atoms with van der Waals surface area (Å²) in [5, 5.41) is 3.11. The molecule has 3 N–H and O–H groups in total. The normalized spacial score (nSPS) is 20.5. The van der Waals surface area contributed by atoms with Gasteiger partial charge in [0.25, 0.3) is 0 Å². The zero-order valence-electron chi connectivity index (χ0n) is 36.3. The first-order chi connectivity index (χ1) is 24.2. The van der Waals surface area contributed by atoms with E-state index >= 15 is 0 Å². The number of aliphatic imine (C=N–C) groups is 1. The third-order valence-corrected chi connectivity index (χ3v) is 9.18. The molecule has 52 heavy (non-hydrogen) atoms. The van der Waals surface area contributed by atoms with Crippen molar-refractivity contribution >= 4 is 17.6 Å². The van der Waals surface area contributed by atoms with Crippen molar-refractivity contribution in [1.29, 1.82) is 0 Å². The summed E-state index contributed by atoms with van der Waals surface area (Å²) in [5.41, 5.74) is 11.3. The van der Waals surface area contributed by atoms with E-state index in [4.69, 9.17) is 5.73 Å². The second-order valence-corrected chi connectivity index (χ2v) is 15.6. The lowest BCUT2D eigenvalue weighted by Gasteiger charge is -2.31. The number of nitrogens with zero attached hydrogens (tertiary/aromatic N) is 1. The van der Waals surface area contributed by atoms with Crippen molar-refractivity contribution in [2.24, 2.45) is 40.3 Å². The number of hydrogen-bond donors (Lipinski definition) is 2. The summed E-state index contributed by atoms with van der Waals surface area (Å²) in [4.78, 5) is 16.6. The molecule has 5 heteroatoms. The largest absolute Gasteiger partial charge is 0.356 e. The molecule has 294 valence electrons. The van der Waals surface area contributed by atoms with Crippen LogP contribution in [0.25, 0.3) is 5.57 Å². The monoisotopic (exact) mass is 720 g/mol. The molecule has 1 aromatic carbocycles. The van der Waals surface area contributed by atoms with Crippen molar-refractivity contribution in [3.8, 4) is 0 Å². The minimum Gasteiger partial charge on any atom is -0.356 e. The molecule has 1 aromatic rings. The van der Waals surface area contributed by atoms with E-state index in [1.807, 2.05) is 86.6 Å². The molecule has 2 aliphatic rings. The second kappa shape index (κ2) is 26.5. The first kappa shape index (κ1) is 50.8. The zero-order chi connectivity index (χ0) is 40.8. The van der Waals surface area contributed by atoms with Crippen LogP contribution in [0.4, 0.5) is 4.39 Å². The molecule has 0 heterocycles. The molecule has 0 aliphatic heterocycles. The zero-order valence-corrected chi connectivity index (χ0v) is 36.3. The maximum atomic E-state index is 14.1. The molecule has 2 aliphatic carbocycles. The number of benzene rings is 1. The van der Waals surface area contributed by atoms with E-state index in [1.54, 1.807) is 25.3 Å². The van der Waals surface area contributed by atoms with Gasteiger partial charge in [-0.2, -0.15) is 0 Å². The number of halogens is 1. The van der Waals surface area contributed by atoms with Crippen molar-refractivity contribution in [3.63, 3.8) is 0 Å². The van der Waals surface area contributed by atoms with E-state index in [0.717, 1.165) is 75.4 Å². The number of nitrogens with two attached hydrogens (primary N) is 1. The van der Waals surface area contributed by atoms with Crippen molar-refractivity contribution in [2.45, 2.75) is 142 Å². The van der Waals surface area contributed by atoms with Crippen LogP contribution in [0.5, 0.6) is 0 Å². The fourth-order valence-electron chi connectivity index (χ4n) is 5.90. The van der Waals surface area contributed by atoms with E-state index in [0.29, 0.717) is 5.70 Å². The highest BCUT2D eigenvalue weighted by Crippen LogP contribution is 2.33. The van der Waals surface area contributed by atoms with Crippen molar-refractivity contribution in [3.05, 3.63) is 101 Å². The van der Waals surface area contributed by atoms with Gasteiger partial charge in [-0.25, -0.2) is 4.39 Å². The minimum atomic E-state index is -0.543. The molecule has 4 nitrogen and oxygen atoms in total. The van der Waals surface area contributed by atoms with E-state index in [2.05, 4.69) is 65.0 Å². The van der Waals surface area contributed by atoms with Crippen LogP contribution in [0.1, 0.15) is 146 Å². The first-order valence-corrected chi connectivity index (χ1v) is 19.6. The smallest absolute Gasteiger partial charge is 0.146 e. The van der Waals surface area contributed by atoms with Crippen LogP contribution in [0.2, 0.25) is 0 Å². The van der Waals surface area contributed by atoms with Gasteiger partial charge in [-0.05, 0) is 163 Å². The maximum Gasteiger partial charge on any atom is 0.146 e. The average molecular weight is 720 g/mol. The number of hydrogen-bond acceptors (Lipinski definition) is 4. The fraction of sp³-hybridized carbons (Fsp3) is 0.574. The summed E-state index contributed by atoms with van der Waals surface area (Å²) < 4.78 is 14.1. The molecular formula is C47H78FN3O. The van der Waals surface area contributed by atoms with Gasteiger partial charge in [-0.15, -0.1) is 0 Å².